The topological polar surface area (TPSA) is 67.4 Å². The molecule has 0 amide bonds. The van der Waals surface area contributed by atoms with E-state index in [9.17, 15) is 8.42 Å². The molecule has 0 aliphatic heterocycles. The Morgan fingerprint density at radius 1 is 1.40 bits per heavy atom. The van der Waals surface area contributed by atoms with E-state index in [2.05, 4.69) is 10.0 Å². The molecule has 7 heteroatoms. The number of methoxy groups -OCH3 is 1. The Morgan fingerprint density at radius 2 is 2.10 bits per heavy atom. The molecule has 1 aromatic carbocycles. The third kappa shape index (κ3) is 4.66. The Hall–Kier alpha value is -0.760. The summed E-state index contributed by atoms with van der Waals surface area (Å²) in [6.45, 7) is 2.50. The van der Waals surface area contributed by atoms with E-state index in [1.54, 1.807) is 30.0 Å². The van der Waals surface area contributed by atoms with Crippen molar-refractivity contribution in [2.45, 2.75) is 24.4 Å². The van der Waals surface area contributed by atoms with E-state index >= 15 is 0 Å². The molecule has 2 N–H and O–H groups in total. The average molecular weight is 318 g/mol. The van der Waals surface area contributed by atoms with Gasteiger partial charge in [0.2, 0.25) is 10.0 Å². The van der Waals surface area contributed by atoms with Gasteiger partial charge in [0.25, 0.3) is 0 Å². The van der Waals surface area contributed by atoms with Crippen molar-refractivity contribution in [3.05, 3.63) is 23.8 Å². The lowest BCUT2D eigenvalue weighted by atomic mass is 10.2. The van der Waals surface area contributed by atoms with Crippen molar-refractivity contribution in [3.63, 3.8) is 0 Å². The predicted molar refractivity (Wildman–Crippen MR) is 83.9 cm³/mol. The molecule has 0 bridgehead atoms. The van der Waals surface area contributed by atoms with Gasteiger partial charge in [-0.15, -0.1) is 0 Å². The smallest absolute Gasteiger partial charge is 0.244 e. The minimum absolute atomic E-state index is 0.128. The fraction of sp³-hybridized carbons (Fsp3) is 0.538. The largest absolute Gasteiger partial charge is 0.495 e. The normalized spacial score (nSPS) is 13.2. The van der Waals surface area contributed by atoms with Crippen LogP contribution in [0.15, 0.2) is 23.1 Å². The first-order valence-electron chi connectivity index (χ1n) is 6.27. The van der Waals surface area contributed by atoms with Crippen molar-refractivity contribution in [2.75, 3.05) is 26.2 Å². The number of hydrogen-bond donors (Lipinski definition) is 2. The maximum absolute atomic E-state index is 12.4. The van der Waals surface area contributed by atoms with Crippen molar-refractivity contribution in [2.24, 2.45) is 0 Å². The summed E-state index contributed by atoms with van der Waals surface area (Å²) in [6, 6.07) is 4.98. The van der Waals surface area contributed by atoms with Crippen LogP contribution in [0.5, 0.6) is 5.75 Å². The number of hydrogen-bond acceptors (Lipinski definition) is 5. The number of rotatable bonds is 8. The van der Waals surface area contributed by atoms with Gasteiger partial charge in [0.05, 0.1) is 7.11 Å². The van der Waals surface area contributed by atoms with E-state index in [-0.39, 0.29) is 10.9 Å². The number of benzene rings is 1. The van der Waals surface area contributed by atoms with E-state index in [4.69, 9.17) is 4.74 Å². The third-order valence-corrected chi connectivity index (χ3v) is 5.13. The first-order chi connectivity index (χ1) is 9.44. The average Bonchev–Trinajstić information content (AvgIpc) is 2.38. The van der Waals surface area contributed by atoms with E-state index in [1.807, 2.05) is 20.2 Å². The lowest BCUT2D eigenvalue weighted by Gasteiger charge is -2.15. The molecule has 0 heterocycles. The van der Waals surface area contributed by atoms with Gasteiger partial charge in [-0.25, -0.2) is 13.1 Å². The van der Waals surface area contributed by atoms with Gasteiger partial charge in [-0.2, -0.15) is 11.8 Å². The summed E-state index contributed by atoms with van der Waals surface area (Å²) in [5, 5.41) is 3.02. The number of ether oxygens (including phenoxy) is 1. The molecule has 114 valence electrons. The zero-order chi connectivity index (χ0) is 15.2. The standard InChI is InChI=1S/C13H22N2O3S2/c1-10(9-19-4)15-20(16,17)13-6-5-11(8-14-2)7-12(13)18-3/h5-7,10,14-15H,8-9H2,1-4H3. The summed E-state index contributed by atoms with van der Waals surface area (Å²) in [7, 11) is -0.254. The highest BCUT2D eigenvalue weighted by Crippen LogP contribution is 2.25. The highest BCUT2D eigenvalue weighted by Gasteiger charge is 2.21. The summed E-state index contributed by atoms with van der Waals surface area (Å²) in [4.78, 5) is 0.174. The van der Waals surface area contributed by atoms with Gasteiger partial charge in [-0.3, -0.25) is 0 Å². The second-order valence-electron chi connectivity index (χ2n) is 4.49. The summed E-state index contributed by atoms with van der Waals surface area (Å²) >= 11 is 1.60. The monoisotopic (exact) mass is 318 g/mol. The number of thioether (sulfide) groups is 1. The molecule has 1 aromatic rings. The first kappa shape index (κ1) is 17.3. The SMILES string of the molecule is CNCc1ccc(S(=O)(=O)NC(C)CSC)c(OC)c1. The molecule has 0 saturated carbocycles. The molecule has 5 nitrogen and oxygen atoms in total. The van der Waals surface area contributed by atoms with Crippen LogP contribution >= 0.6 is 11.8 Å². The van der Waals surface area contributed by atoms with Crippen molar-refractivity contribution >= 4 is 21.8 Å². The van der Waals surface area contributed by atoms with E-state index < -0.39 is 10.0 Å². The molecule has 0 spiro atoms. The van der Waals surface area contributed by atoms with Gasteiger partial charge in [-0.05, 0) is 37.9 Å². The summed E-state index contributed by atoms with van der Waals surface area (Å²) in [5.41, 5.74) is 0.973. The lowest BCUT2D eigenvalue weighted by Crippen LogP contribution is -2.34. The Kier molecular flexibility index (Phi) is 6.81. The summed E-state index contributed by atoms with van der Waals surface area (Å²) in [5.74, 6) is 1.08. The van der Waals surface area contributed by atoms with E-state index in [0.717, 1.165) is 11.3 Å². The van der Waals surface area contributed by atoms with Crippen LogP contribution in [-0.4, -0.2) is 40.6 Å². The van der Waals surface area contributed by atoms with Crippen LogP contribution in [0.1, 0.15) is 12.5 Å². The molecule has 0 aromatic heterocycles. The fourth-order valence-corrected chi connectivity index (χ4v) is 3.94. The minimum atomic E-state index is -3.56. The van der Waals surface area contributed by atoms with Crippen molar-refractivity contribution in [3.8, 4) is 5.75 Å². The molecule has 0 saturated heterocycles. The zero-order valence-corrected chi connectivity index (χ0v) is 13.9. The van der Waals surface area contributed by atoms with Crippen molar-refractivity contribution in [1.82, 2.24) is 10.0 Å². The maximum Gasteiger partial charge on any atom is 0.244 e. The van der Waals surface area contributed by atoms with Crippen molar-refractivity contribution in [1.29, 1.82) is 0 Å². The first-order valence-corrected chi connectivity index (χ1v) is 9.15. The molecular weight excluding hydrogens is 296 g/mol. The second kappa shape index (κ2) is 7.87. The fourth-order valence-electron chi connectivity index (χ4n) is 1.86. The summed E-state index contributed by atoms with van der Waals surface area (Å²) < 4.78 is 32.6. The van der Waals surface area contributed by atoms with E-state index in [0.29, 0.717) is 12.3 Å². The lowest BCUT2D eigenvalue weighted by molar-refractivity contribution is 0.401. The number of sulfonamides is 1. The molecular formula is C13H22N2O3S2. The zero-order valence-electron chi connectivity index (χ0n) is 12.3. The summed E-state index contributed by atoms with van der Waals surface area (Å²) in [6.07, 6.45) is 1.94. The molecule has 1 atom stereocenters. The van der Waals surface area contributed by atoms with Crippen LogP contribution in [0.4, 0.5) is 0 Å². The van der Waals surface area contributed by atoms with Crippen LogP contribution < -0.4 is 14.8 Å². The maximum atomic E-state index is 12.4. The molecule has 0 fully saturated rings. The second-order valence-corrected chi connectivity index (χ2v) is 7.09. The molecule has 0 aliphatic rings. The Morgan fingerprint density at radius 3 is 2.65 bits per heavy atom. The van der Waals surface area contributed by atoms with Crippen LogP contribution in [-0.2, 0) is 16.6 Å². The van der Waals surface area contributed by atoms with Gasteiger partial charge in [-0.1, -0.05) is 6.07 Å². The van der Waals surface area contributed by atoms with Crippen molar-refractivity contribution < 1.29 is 13.2 Å². The molecule has 1 rings (SSSR count). The molecule has 0 aliphatic carbocycles. The van der Waals surface area contributed by atoms with E-state index in [1.165, 1.54) is 7.11 Å². The van der Waals surface area contributed by atoms with Crippen LogP contribution in [0.25, 0.3) is 0 Å². The van der Waals surface area contributed by atoms with Gasteiger partial charge in [0.15, 0.2) is 0 Å². The van der Waals surface area contributed by atoms with Gasteiger partial charge in [0, 0.05) is 18.3 Å². The molecule has 1 unspecified atom stereocenters. The molecule has 20 heavy (non-hydrogen) atoms. The predicted octanol–water partition coefficient (Wildman–Crippen LogP) is 1.44. The quantitative estimate of drug-likeness (QED) is 0.759. The van der Waals surface area contributed by atoms with Gasteiger partial charge >= 0.3 is 0 Å². The minimum Gasteiger partial charge on any atom is -0.495 e. The number of nitrogens with one attached hydrogen (secondary N) is 2. The van der Waals surface area contributed by atoms with Gasteiger partial charge < -0.3 is 10.1 Å². The molecule has 0 radical (unpaired) electrons. The highest BCUT2D eigenvalue weighted by atomic mass is 32.2. The van der Waals surface area contributed by atoms with Crippen LogP contribution in [0, 0.1) is 0 Å². The van der Waals surface area contributed by atoms with Gasteiger partial charge in [0.1, 0.15) is 10.6 Å². The Balaban J connectivity index is 3.05. The van der Waals surface area contributed by atoms with Crippen LogP contribution in [0.2, 0.25) is 0 Å². The Bertz CT molecular complexity index is 532. The third-order valence-electron chi connectivity index (χ3n) is 2.67. The Labute approximate surface area is 125 Å². The highest BCUT2D eigenvalue weighted by molar-refractivity contribution is 7.98. The van der Waals surface area contributed by atoms with Crippen LogP contribution in [0.3, 0.4) is 0 Å².